The summed E-state index contributed by atoms with van der Waals surface area (Å²) < 4.78 is 2.25. The highest BCUT2D eigenvalue weighted by molar-refractivity contribution is 6.06. The third kappa shape index (κ3) is 3.76. The van der Waals surface area contributed by atoms with E-state index in [0.717, 1.165) is 53.6 Å². The summed E-state index contributed by atoms with van der Waals surface area (Å²) in [5.74, 6) is 1.52. The largest absolute Gasteiger partial charge is 0.382 e. The highest BCUT2D eigenvalue weighted by Gasteiger charge is 2.15. The first kappa shape index (κ1) is 18.8. The van der Waals surface area contributed by atoms with Crippen LogP contribution in [0.15, 0.2) is 24.3 Å². The first-order valence-corrected chi connectivity index (χ1v) is 8.23. The van der Waals surface area contributed by atoms with E-state index in [9.17, 15) is 0 Å². The van der Waals surface area contributed by atoms with E-state index in [-0.39, 0.29) is 18.4 Å². The topological polar surface area (TPSA) is 119 Å². The van der Waals surface area contributed by atoms with Crippen molar-refractivity contribution in [1.29, 1.82) is 5.41 Å². The Labute approximate surface area is 152 Å². The number of aromatic nitrogens is 3. The minimum absolute atomic E-state index is 0. The maximum atomic E-state index is 7.19. The predicted molar refractivity (Wildman–Crippen MR) is 105 cm³/mol. The Kier molecular flexibility index (Phi) is 6.03. The van der Waals surface area contributed by atoms with E-state index in [1.807, 2.05) is 18.2 Å². The molecule has 2 heterocycles. The minimum Gasteiger partial charge on any atom is -0.382 e. The lowest BCUT2D eigenvalue weighted by Gasteiger charge is -2.10. The fourth-order valence-electron chi connectivity index (χ4n) is 3.03. The van der Waals surface area contributed by atoms with Crippen LogP contribution in [0.4, 0.5) is 5.82 Å². The standard InChI is InChI=1S/C17H23N7.ClH/c1-2-13-23-14-15(24(13)10-6-5-9-21-17(19)20)11-7-3-4-8-12(11)22-16(14)18;/h3-4,7-8H,2,5-6,9-10H2,1H3,(H2,18,22)(H4,19,20,21);1H. The van der Waals surface area contributed by atoms with Gasteiger partial charge in [-0.05, 0) is 18.9 Å². The lowest BCUT2D eigenvalue weighted by molar-refractivity contribution is 0.594. The number of hydrogen-bond donors (Lipinski definition) is 4. The van der Waals surface area contributed by atoms with Crippen LogP contribution in [-0.4, -0.2) is 27.0 Å². The molecule has 7 nitrogen and oxygen atoms in total. The van der Waals surface area contributed by atoms with E-state index >= 15 is 0 Å². The van der Waals surface area contributed by atoms with Crippen molar-refractivity contribution in [2.24, 2.45) is 5.73 Å². The number of para-hydroxylation sites is 1. The van der Waals surface area contributed by atoms with E-state index < -0.39 is 0 Å². The van der Waals surface area contributed by atoms with Gasteiger partial charge in [-0.15, -0.1) is 12.4 Å². The van der Waals surface area contributed by atoms with Crippen molar-refractivity contribution in [3.63, 3.8) is 0 Å². The second-order valence-electron chi connectivity index (χ2n) is 5.79. The van der Waals surface area contributed by atoms with Crippen LogP contribution in [0.1, 0.15) is 25.6 Å². The second kappa shape index (κ2) is 8.02. The maximum Gasteiger partial charge on any atom is 0.185 e. The molecule has 0 atom stereocenters. The quantitative estimate of drug-likeness (QED) is 0.305. The Bertz CT molecular complexity index is 887. The first-order valence-electron chi connectivity index (χ1n) is 8.23. The number of unbranched alkanes of at least 4 members (excludes halogenated alkanes) is 1. The normalized spacial score (nSPS) is 10.8. The Balaban J connectivity index is 0.00000225. The molecule has 0 aliphatic carbocycles. The zero-order chi connectivity index (χ0) is 17.1. The fourth-order valence-corrected chi connectivity index (χ4v) is 3.03. The number of hydrogen-bond acceptors (Lipinski definition) is 4. The van der Waals surface area contributed by atoms with Crippen LogP contribution in [0.25, 0.3) is 21.9 Å². The van der Waals surface area contributed by atoms with E-state index in [1.54, 1.807) is 0 Å². The van der Waals surface area contributed by atoms with Gasteiger partial charge >= 0.3 is 0 Å². The van der Waals surface area contributed by atoms with Crippen LogP contribution in [0.5, 0.6) is 0 Å². The van der Waals surface area contributed by atoms with Crippen LogP contribution in [0.2, 0.25) is 0 Å². The number of anilines is 1. The van der Waals surface area contributed by atoms with Crippen LogP contribution in [0.3, 0.4) is 0 Å². The summed E-state index contributed by atoms with van der Waals surface area (Å²) in [7, 11) is 0. The van der Waals surface area contributed by atoms with Crippen LogP contribution < -0.4 is 16.8 Å². The Morgan fingerprint density at radius 3 is 2.72 bits per heavy atom. The molecule has 0 fully saturated rings. The third-order valence-electron chi connectivity index (χ3n) is 4.13. The number of nitrogen functional groups attached to an aromatic ring is 1. The molecule has 0 amide bonds. The van der Waals surface area contributed by atoms with Gasteiger partial charge in [-0.25, -0.2) is 9.97 Å². The van der Waals surface area contributed by atoms with Gasteiger partial charge < -0.3 is 21.4 Å². The summed E-state index contributed by atoms with van der Waals surface area (Å²) in [5, 5.41) is 11.1. The lowest BCUT2D eigenvalue weighted by atomic mass is 10.2. The highest BCUT2D eigenvalue weighted by atomic mass is 35.5. The summed E-state index contributed by atoms with van der Waals surface area (Å²) in [6.45, 7) is 3.65. The Morgan fingerprint density at radius 1 is 1.24 bits per heavy atom. The monoisotopic (exact) mass is 361 g/mol. The molecule has 0 saturated heterocycles. The number of rotatable bonds is 6. The number of benzene rings is 1. The minimum atomic E-state index is 0. The molecule has 0 radical (unpaired) electrons. The maximum absolute atomic E-state index is 7.19. The summed E-state index contributed by atoms with van der Waals surface area (Å²) in [6, 6.07) is 8.03. The molecular formula is C17H24ClN7. The Hall–Kier alpha value is -2.54. The van der Waals surface area contributed by atoms with Crippen LogP contribution in [-0.2, 0) is 13.0 Å². The molecule has 134 valence electrons. The number of pyridine rings is 1. The van der Waals surface area contributed by atoms with Gasteiger partial charge in [0.2, 0.25) is 0 Å². The zero-order valence-electron chi connectivity index (χ0n) is 14.2. The molecule has 3 rings (SSSR count). The van der Waals surface area contributed by atoms with Gasteiger partial charge in [0.15, 0.2) is 11.8 Å². The third-order valence-corrected chi connectivity index (χ3v) is 4.13. The fraction of sp³-hybridized carbons (Fsp3) is 0.353. The van der Waals surface area contributed by atoms with Crippen LogP contribution >= 0.6 is 12.4 Å². The van der Waals surface area contributed by atoms with Crippen molar-refractivity contribution in [2.75, 3.05) is 12.3 Å². The molecule has 0 bridgehead atoms. The van der Waals surface area contributed by atoms with E-state index in [1.165, 1.54) is 0 Å². The van der Waals surface area contributed by atoms with Crippen molar-refractivity contribution in [2.45, 2.75) is 32.7 Å². The second-order valence-corrected chi connectivity index (χ2v) is 5.79. The predicted octanol–water partition coefficient (Wildman–Crippen LogP) is 2.41. The van der Waals surface area contributed by atoms with Gasteiger partial charge in [0.25, 0.3) is 0 Å². The molecular weight excluding hydrogens is 338 g/mol. The SMILES string of the molecule is CCc1nc2c(N)nc3ccccc3c2n1CCCCNC(=N)N.Cl. The average Bonchev–Trinajstić information content (AvgIpc) is 2.94. The zero-order valence-corrected chi connectivity index (χ0v) is 15.1. The number of fused-ring (bicyclic) bond motifs is 3. The van der Waals surface area contributed by atoms with E-state index in [0.29, 0.717) is 12.4 Å². The number of imidazole rings is 1. The first-order chi connectivity index (χ1) is 11.6. The number of aryl methyl sites for hydroxylation is 2. The van der Waals surface area contributed by atoms with Crippen molar-refractivity contribution < 1.29 is 0 Å². The van der Waals surface area contributed by atoms with Crippen molar-refractivity contribution in [3.05, 3.63) is 30.1 Å². The molecule has 0 saturated carbocycles. The summed E-state index contributed by atoms with van der Waals surface area (Å²) in [5.41, 5.74) is 14.2. The lowest BCUT2D eigenvalue weighted by Crippen LogP contribution is -2.31. The summed E-state index contributed by atoms with van der Waals surface area (Å²) >= 11 is 0. The number of nitrogens with two attached hydrogens (primary N) is 2. The summed E-state index contributed by atoms with van der Waals surface area (Å²) in [4.78, 5) is 9.19. The molecule has 1 aromatic carbocycles. The van der Waals surface area contributed by atoms with E-state index in [4.69, 9.17) is 21.9 Å². The molecule has 25 heavy (non-hydrogen) atoms. The number of halogens is 1. The number of nitrogens with one attached hydrogen (secondary N) is 2. The summed E-state index contributed by atoms with van der Waals surface area (Å²) in [6.07, 6.45) is 2.74. The van der Waals surface area contributed by atoms with Crippen molar-refractivity contribution >= 4 is 46.1 Å². The molecule has 0 aliphatic heterocycles. The molecule has 8 heteroatoms. The van der Waals surface area contributed by atoms with Crippen molar-refractivity contribution in [1.82, 2.24) is 19.9 Å². The molecule has 3 aromatic rings. The molecule has 0 spiro atoms. The van der Waals surface area contributed by atoms with Gasteiger partial charge in [-0.2, -0.15) is 0 Å². The number of guanidine groups is 1. The molecule has 2 aromatic heterocycles. The average molecular weight is 362 g/mol. The van der Waals surface area contributed by atoms with Gasteiger partial charge in [-0.1, -0.05) is 25.1 Å². The number of nitrogens with zero attached hydrogens (tertiary/aromatic N) is 3. The van der Waals surface area contributed by atoms with E-state index in [2.05, 4.69) is 27.9 Å². The van der Waals surface area contributed by atoms with Gasteiger partial charge in [0, 0.05) is 24.9 Å². The highest BCUT2D eigenvalue weighted by Crippen LogP contribution is 2.29. The molecule has 0 unspecified atom stereocenters. The molecule has 0 aliphatic rings. The van der Waals surface area contributed by atoms with Gasteiger partial charge in [0.1, 0.15) is 11.3 Å². The van der Waals surface area contributed by atoms with Crippen molar-refractivity contribution in [3.8, 4) is 0 Å². The Morgan fingerprint density at radius 2 is 2.00 bits per heavy atom. The van der Waals surface area contributed by atoms with Crippen LogP contribution in [0, 0.1) is 5.41 Å². The molecule has 6 N–H and O–H groups in total. The smallest absolute Gasteiger partial charge is 0.185 e. The van der Waals surface area contributed by atoms with Gasteiger partial charge in [0.05, 0.1) is 11.0 Å². The van der Waals surface area contributed by atoms with Gasteiger partial charge in [-0.3, -0.25) is 5.41 Å².